The Kier molecular flexibility index (Phi) is 5.06. The first-order chi connectivity index (χ1) is 10.7. The second-order valence-electron chi connectivity index (χ2n) is 4.74. The van der Waals surface area contributed by atoms with E-state index < -0.39 is 22.8 Å². The Morgan fingerprint density at radius 1 is 0.957 bits per heavy atom. The molecule has 2 aromatic carbocycles. The number of nitrogens with one attached hydrogen (secondary N) is 2. The average molecular weight is 363 g/mol. The number of hydrogen-bond donors (Lipinski definition) is 2. The van der Waals surface area contributed by atoms with E-state index in [9.17, 15) is 18.0 Å². The zero-order valence-corrected chi connectivity index (χ0v) is 13.3. The smallest absolute Gasteiger partial charge is 0.308 e. The molecule has 0 saturated heterocycles. The van der Waals surface area contributed by atoms with Gasteiger partial charge in [0, 0.05) is 16.4 Å². The summed E-state index contributed by atoms with van der Waals surface area (Å²) in [6, 6.07) is 7.29. The SMILES string of the molecule is Cc1ccc(NC(=O)Nc2ccc(C(F)(F)F)c(Cl)c2)cc1Cl. The van der Waals surface area contributed by atoms with Gasteiger partial charge in [0.25, 0.3) is 0 Å². The standard InChI is InChI=1S/C15H11Cl2F3N2O/c1-8-2-3-9(6-12(8)16)21-14(23)22-10-4-5-11(13(17)7-10)15(18,19)20/h2-7H,1H3,(H2,21,22,23). The molecule has 23 heavy (non-hydrogen) atoms. The molecule has 0 atom stereocenters. The number of rotatable bonds is 2. The van der Waals surface area contributed by atoms with E-state index in [1.54, 1.807) is 18.2 Å². The lowest BCUT2D eigenvalue weighted by Gasteiger charge is -2.12. The highest BCUT2D eigenvalue weighted by molar-refractivity contribution is 6.32. The van der Waals surface area contributed by atoms with Crippen LogP contribution in [0.5, 0.6) is 0 Å². The van der Waals surface area contributed by atoms with Crippen molar-refractivity contribution in [2.75, 3.05) is 10.6 Å². The van der Waals surface area contributed by atoms with E-state index in [-0.39, 0.29) is 5.69 Å². The van der Waals surface area contributed by atoms with Crippen LogP contribution in [0.2, 0.25) is 10.0 Å². The summed E-state index contributed by atoms with van der Waals surface area (Å²) in [7, 11) is 0. The Bertz CT molecular complexity index is 748. The Morgan fingerprint density at radius 3 is 1.96 bits per heavy atom. The van der Waals surface area contributed by atoms with Gasteiger partial charge in [0.1, 0.15) is 0 Å². The highest BCUT2D eigenvalue weighted by Gasteiger charge is 2.33. The largest absolute Gasteiger partial charge is 0.417 e. The molecule has 0 unspecified atom stereocenters. The predicted octanol–water partition coefficient (Wildman–Crippen LogP) is 5.96. The third-order valence-electron chi connectivity index (χ3n) is 2.96. The van der Waals surface area contributed by atoms with Crippen molar-refractivity contribution in [2.24, 2.45) is 0 Å². The van der Waals surface area contributed by atoms with Crippen LogP contribution in [0.25, 0.3) is 0 Å². The van der Waals surface area contributed by atoms with Gasteiger partial charge in [-0.1, -0.05) is 29.3 Å². The third-order valence-corrected chi connectivity index (χ3v) is 3.68. The second kappa shape index (κ2) is 6.68. The monoisotopic (exact) mass is 362 g/mol. The number of aryl methyl sites for hydroxylation is 1. The summed E-state index contributed by atoms with van der Waals surface area (Å²) in [6.07, 6.45) is -4.55. The van der Waals surface area contributed by atoms with E-state index in [1.165, 1.54) is 0 Å². The molecule has 2 aromatic rings. The first kappa shape index (κ1) is 17.4. The molecule has 0 aliphatic carbocycles. The summed E-state index contributed by atoms with van der Waals surface area (Å²) in [5, 5.41) is 4.92. The fourth-order valence-corrected chi connectivity index (χ4v) is 2.26. The average Bonchev–Trinajstić information content (AvgIpc) is 2.41. The maximum atomic E-state index is 12.6. The van der Waals surface area contributed by atoms with Crippen LogP contribution in [0.3, 0.4) is 0 Å². The minimum Gasteiger partial charge on any atom is -0.308 e. The summed E-state index contributed by atoms with van der Waals surface area (Å²) in [5.74, 6) is 0. The first-order valence-corrected chi connectivity index (χ1v) is 7.13. The molecule has 0 radical (unpaired) electrons. The van der Waals surface area contributed by atoms with Crippen LogP contribution in [-0.2, 0) is 6.18 Å². The lowest BCUT2D eigenvalue weighted by Crippen LogP contribution is -2.19. The van der Waals surface area contributed by atoms with E-state index >= 15 is 0 Å². The van der Waals surface area contributed by atoms with Gasteiger partial charge in [-0.2, -0.15) is 13.2 Å². The van der Waals surface area contributed by atoms with Crippen LogP contribution >= 0.6 is 23.2 Å². The summed E-state index contributed by atoms with van der Waals surface area (Å²) in [5.41, 5.74) is 0.484. The van der Waals surface area contributed by atoms with Crippen LogP contribution < -0.4 is 10.6 Å². The number of hydrogen-bond acceptors (Lipinski definition) is 1. The van der Waals surface area contributed by atoms with Crippen molar-refractivity contribution in [3.05, 3.63) is 57.6 Å². The molecule has 122 valence electrons. The van der Waals surface area contributed by atoms with Gasteiger partial charge in [-0.15, -0.1) is 0 Å². The Labute approximate surface area is 140 Å². The number of halogens is 5. The van der Waals surface area contributed by atoms with E-state index in [0.717, 1.165) is 23.8 Å². The predicted molar refractivity (Wildman–Crippen MR) is 85.3 cm³/mol. The zero-order valence-electron chi connectivity index (χ0n) is 11.8. The lowest BCUT2D eigenvalue weighted by atomic mass is 10.2. The first-order valence-electron chi connectivity index (χ1n) is 6.38. The van der Waals surface area contributed by atoms with Crippen LogP contribution in [-0.4, -0.2) is 6.03 Å². The van der Waals surface area contributed by atoms with Crippen molar-refractivity contribution >= 4 is 40.6 Å². The summed E-state index contributed by atoms with van der Waals surface area (Å²) >= 11 is 11.5. The van der Waals surface area contributed by atoms with E-state index in [2.05, 4.69) is 10.6 Å². The van der Waals surface area contributed by atoms with Gasteiger partial charge in [-0.3, -0.25) is 0 Å². The van der Waals surface area contributed by atoms with Gasteiger partial charge < -0.3 is 10.6 Å². The topological polar surface area (TPSA) is 41.1 Å². The highest BCUT2D eigenvalue weighted by atomic mass is 35.5. The van der Waals surface area contributed by atoms with E-state index in [0.29, 0.717) is 10.7 Å². The van der Waals surface area contributed by atoms with Crippen molar-refractivity contribution in [1.82, 2.24) is 0 Å². The minimum atomic E-state index is -4.55. The Morgan fingerprint density at radius 2 is 1.48 bits per heavy atom. The molecular weight excluding hydrogens is 352 g/mol. The molecule has 0 saturated carbocycles. The summed E-state index contributed by atoms with van der Waals surface area (Å²) in [4.78, 5) is 11.8. The van der Waals surface area contributed by atoms with Gasteiger partial charge in [0.2, 0.25) is 0 Å². The summed E-state index contributed by atoms with van der Waals surface area (Å²) < 4.78 is 37.8. The number of urea groups is 1. The van der Waals surface area contributed by atoms with Crippen molar-refractivity contribution < 1.29 is 18.0 Å². The van der Waals surface area contributed by atoms with E-state index in [4.69, 9.17) is 23.2 Å². The normalized spacial score (nSPS) is 11.2. The molecule has 0 fully saturated rings. The van der Waals surface area contributed by atoms with Gasteiger partial charge in [-0.05, 0) is 42.8 Å². The molecule has 0 heterocycles. The maximum absolute atomic E-state index is 12.6. The van der Waals surface area contributed by atoms with Crippen molar-refractivity contribution in [1.29, 1.82) is 0 Å². The zero-order chi connectivity index (χ0) is 17.2. The number of amides is 2. The number of alkyl halides is 3. The number of carbonyl (C=O) groups is 1. The molecule has 2 rings (SSSR count). The van der Waals surface area contributed by atoms with Crippen molar-refractivity contribution in [2.45, 2.75) is 13.1 Å². The molecular formula is C15H11Cl2F3N2O. The summed E-state index contributed by atoms with van der Waals surface area (Å²) in [6.45, 7) is 1.82. The molecule has 2 N–H and O–H groups in total. The van der Waals surface area contributed by atoms with Gasteiger partial charge in [0.05, 0.1) is 10.6 Å². The number of carbonyl (C=O) groups excluding carboxylic acids is 1. The second-order valence-corrected chi connectivity index (χ2v) is 5.55. The number of anilines is 2. The Hall–Kier alpha value is -1.92. The molecule has 0 aromatic heterocycles. The third kappa shape index (κ3) is 4.53. The molecule has 0 aliphatic rings. The maximum Gasteiger partial charge on any atom is 0.417 e. The fourth-order valence-electron chi connectivity index (χ4n) is 1.79. The quantitative estimate of drug-likeness (QED) is 0.679. The molecule has 0 bridgehead atoms. The van der Waals surface area contributed by atoms with Gasteiger partial charge in [0.15, 0.2) is 0 Å². The lowest BCUT2D eigenvalue weighted by molar-refractivity contribution is -0.137. The molecule has 0 aliphatic heterocycles. The highest BCUT2D eigenvalue weighted by Crippen LogP contribution is 2.35. The van der Waals surface area contributed by atoms with Gasteiger partial charge in [-0.25, -0.2) is 4.79 Å². The van der Waals surface area contributed by atoms with Crippen molar-refractivity contribution in [3.63, 3.8) is 0 Å². The van der Waals surface area contributed by atoms with E-state index in [1.807, 2.05) is 6.92 Å². The van der Waals surface area contributed by atoms with Gasteiger partial charge >= 0.3 is 12.2 Å². The van der Waals surface area contributed by atoms with Crippen LogP contribution in [0, 0.1) is 6.92 Å². The number of benzene rings is 2. The van der Waals surface area contributed by atoms with Crippen LogP contribution in [0.4, 0.5) is 29.3 Å². The molecule has 8 heteroatoms. The fraction of sp³-hybridized carbons (Fsp3) is 0.133. The minimum absolute atomic E-state index is 0.138. The van der Waals surface area contributed by atoms with Crippen molar-refractivity contribution in [3.8, 4) is 0 Å². The molecule has 3 nitrogen and oxygen atoms in total. The van der Waals surface area contributed by atoms with Crippen LogP contribution in [0.1, 0.15) is 11.1 Å². The van der Waals surface area contributed by atoms with Crippen LogP contribution in [0.15, 0.2) is 36.4 Å². The Balaban J connectivity index is 2.08. The molecule has 0 spiro atoms. The molecule has 2 amide bonds.